The molecule has 1 N–H and O–H groups in total. The summed E-state index contributed by atoms with van der Waals surface area (Å²) < 4.78 is 0. The van der Waals surface area contributed by atoms with E-state index in [0.29, 0.717) is 12.3 Å². The van der Waals surface area contributed by atoms with Crippen molar-refractivity contribution in [3.63, 3.8) is 0 Å². The van der Waals surface area contributed by atoms with Crippen LogP contribution in [0.3, 0.4) is 0 Å². The van der Waals surface area contributed by atoms with Crippen molar-refractivity contribution in [2.24, 2.45) is 5.92 Å². The van der Waals surface area contributed by atoms with E-state index in [1.165, 1.54) is 0 Å². The van der Waals surface area contributed by atoms with Gasteiger partial charge in [-0.1, -0.05) is 30.3 Å². The molecule has 4 nitrogen and oxygen atoms in total. The van der Waals surface area contributed by atoms with Gasteiger partial charge in [-0.05, 0) is 43.6 Å². The van der Waals surface area contributed by atoms with Crippen LogP contribution < -0.4 is 0 Å². The van der Waals surface area contributed by atoms with Crippen molar-refractivity contribution in [3.05, 3.63) is 35.9 Å². The van der Waals surface area contributed by atoms with Crippen LogP contribution in [0.15, 0.2) is 30.3 Å². The molecule has 0 spiro atoms. The molecule has 1 saturated carbocycles. The maximum Gasteiger partial charge on any atom is 0.303 e. The van der Waals surface area contributed by atoms with Crippen LogP contribution in [0.25, 0.3) is 0 Å². The molecule has 1 aliphatic carbocycles. The summed E-state index contributed by atoms with van der Waals surface area (Å²) in [6.07, 6.45) is 4.78. The molecule has 1 atom stereocenters. The van der Waals surface area contributed by atoms with Crippen molar-refractivity contribution in [2.75, 3.05) is 13.1 Å². The Balaban J connectivity index is 1.66. The van der Waals surface area contributed by atoms with Crippen molar-refractivity contribution in [2.45, 2.75) is 43.9 Å². The van der Waals surface area contributed by atoms with Gasteiger partial charge in [-0.3, -0.25) is 9.59 Å². The highest BCUT2D eigenvalue weighted by molar-refractivity contribution is 5.91. The van der Waals surface area contributed by atoms with Gasteiger partial charge in [-0.15, -0.1) is 0 Å². The third kappa shape index (κ3) is 3.01. The van der Waals surface area contributed by atoms with Crippen molar-refractivity contribution in [3.8, 4) is 0 Å². The van der Waals surface area contributed by atoms with E-state index in [1.54, 1.807) is 0 Å². The first kappa shape index (κ1) is 15.1. The molecule has 118 valence electrons. The van der Waals surface area contributed by atoms with Gasteiger partial charge in [-0.25, -0.2) is 0 Å². The fourth-order valence-corrected chi connectivity index (χ4v) is 3.62. The highest BCUT2D eigenvalue weighted by Gasteiger charge is 2.53. The summed E-state index contributed by atoms with van der Waals surface area (Å²) in [5.74, 6) is -0.162. The maximum atomic E-state index is 13.0. The molecular formula is C18H23NO3. The number of hydrogen-bond acceptors (Lipinski definition) is 2. The molecule has 22 heavy (non-hydrogen) atoms. The Morgan fingerprint density at radius 2 is 1.95 bits per heavy atom. The lowest BCUT2D eigenvalue weighted by Crippen LogP contribution is -2.45. The predicted octanol–water partition coefficient (Wildman–Crippen LogP) is 2.82. The molecule has 0 aromatic heterocycles. The summed E-state index contributed by atoms with van der Waals surface area (Å²) >= 11 is 0. The normalized spacial score (nSPS) is 23.1. The van der Waals surface area contributed by atoms with Gasteiger partial charge in [-0.2, -0.15) is 0 Å². The summed E-state index contributed by atoms with van der Waals surface area (Å²) in [6, 6.07) is 10.1. The molecule has 3 rings (SSSR count). The lowest BCUT2D eigenvalue weighted by Gasteiger charge is -2.35. The van der Waals surface area contributed by atoms with Gasteiger partial charge < -0.3 is 10.0 Å². The molecule has 1 aromatic carbocycles. The number of benzene rings is 1. The SMILES string of the molecule is O=C(O)CC[C@H]1CCCN(C(=O)C2(c3ccccc3)CC2)C1. The summed E-state index contributed by atoms with van der Waals surface area (Å²) in [7, 11) is 0. The second-order valence-electron chi connectivity index (χ2n) is 6.64. The number of hydrogen-bond donors (Lipinski definition) is 1. The lowest BCUT2D eigenvalue weighted by atomic mass is 9.90. The molecule has 1 amide bonds. The number of aliphatic carboxylic acids is 1. The number of carboxylic acid groups (broad SMARTS) is 1. The number of likely N-dealkylation sites (tertiary alicyclic amines) is 1. The molecule has 0 unspecified atom stereocenters. The number of carbonyl (C=O) groups is 2. The van der Waals surface area contributed by atoms with Crippen molar-refractivity contribution < 1.29 is 14.7 Å². The van der Waals surface area contributed by atoms with E-state index in [1.807, 2.05) is 23.1 Å². The standard InChI is InChI=1S/C18H23NO3/c20-16(21)9-8-14-5-4-12-19(13-14)17(22)18(10-11-18)15-6-2-1-3-7-15/h1-3,6-7,14H,4-5,8-13H2,(H,20,21)/t14-/m1/s1. The molecule has 1 heterocycles. The van der Waals surface area contributed by atoms with Gasteiger partial charge in [0.05, 0.1) is 5.41 Å². The first-order chi connectivity index (χ1) is 10.6. The molecule has 1 saturated heterocycles. The minimum atomic E-state index is -0.744. The largest absolute Gasteiger partial charge is 0.481 e. The van der Waals surface area contributed by atoms with Crippen LogP contribution >= 0.6 is 0 Å². The van der Waals surface area contributed by atoms with Crippen molar-refractivity contribution in [1.29, 1.82) is 0 Å². The van der Waals surface area contributed by atoms with Gasteiger partial charge >= 0.3 is 5.97 Å². The van der Waals surface area contributed by atoms with Crippen molar-refractivity contribution in [1.82, 2.24) is 4.90 Å². The predicted molar refractivity (Wildman–Crippen MR) is 83.5 cm³/mol. The van der Waals surface area contributed by atoms with E-state index in [4.69, 9.17) is 5.11 Å². The van der Waals surface area contributed by atoms with Gasteiger partial charge in [0.15, 0.2) is 0 Å². The molecule has 0 radical (unpaired) electrons. The number of carbonyl (C=O) groups excluding carboxylic acids is 1. The number of carboxylic acids is 1. The zero-order chi connectivity index (χ0) is 15.6. The summed E-state index contributed by atoms with van der Waals surface area (Å²) in [4.78, 5) is 25.7. The summed E-state index contributed by atoms with van der Waals surface area (Å²) in [5, 5.41) is 8.83. The van der Waals surface area contributed by atoms with E-state index in [2.05, 4.69) is 12.1 Å². The topological polar surface area (TPSA) is 57.6 Å². The van der Waals surface area contributed by atoms with Crippen LogP contribution in [0, 0.1) is 5.92 Å². The fourth-order valence-electron chi connectivity index (χ4n) is 3.62. The molecule has 4 heteroatoms. The second-order valence-corrected chi connectivity index (χ2v) is 6.64. The highest BCUT2D eigenvalue weighted by Crippen LogP contribution is 2.50. The fraction of sp³-hybridized carbons (Fsp3) is 0.556. The molecule has 2 aliphatic rings. The van der Waals surface area contributed by atoms with E-state index < -0.39 is 5.97 Å². The first-order valence-electron chi connectivity index (χ1n) is 8.18. The molecular weight excluding hydrogens is 278 g/mol. The van der Waals surface area contributed by atoms with Gasteiger partial charge in [0, 0.05) is 19.5 Å². The minimum Gasteiger partial charge on any atom is -0.481 e. The van der Waals surface area contributed by atoms with E-state index in [0.717, 1.165) is 44.3 Å². The zero-order valence-corrected chi connectivity index (χ0v) is 12.8. The van der Waals surface area contributed by atoms with E-state index in [-0.39, 0.29) is 17.7 Å². The monoisotopic (exact) mass is 301 g/mol. The Labute approximate surface area is 131 Å². The highest BCUT2D eigenvalue weighted by atomic mass is 16.4. The third-order valence-electron chi connectivity index (χ3n) is 5.06. The van der Waals surface area contributed by atoms with Crippen LogP contribution in [0.1, 0.15) is 44.1 Å². The van der Waals surface area contributed by atoms with Crippen LogP contribution in [-0.4, -0.2) is 35.0 Å². The van der Waals surface area contributed by atoms with Gasteiger partial charge in [0.2, 0.25) is 5.91 Å². The maximum absolute atomic E-state index is 13.0. The Kier molecular flexibility index (Phi) is 4.19. The first-order valence-corrected chi connectivity index (χ1v) is 8.18. The minimum absolute atomic E-state index is 0.205. The van der Waals surface area contributed by atoms with Gasteiger partial charge in [0.25, 0.3) is 0 Å². The summed E-state index contributed by atoms with van der Waals surface area (Å²) in [5.41, 5.74) is 0.836. The van der Waals surface area contributed by atoms with Crippen molar-refractivity contribution >= 4 is 11.9 Å². The lowest BCUT2D eigenvalue weighted by molar-refractivity contribution is -0.137. The molecule has 2 fully saturated rings. The van der Waals surface area contributed by atoms with Crippen LogP contribution in [0.4, 0.5) is 0 Å². The average molecular weight is 301 g/mol. The Bertz CT molecular complexity index is 551. The van der Waals surface area contributed by atoms with E-state index in [9.17, 15) is 9.59 Å². The Morgan fingerprint density at radius 3 is 2.59 bits per heavy atom. The Hall–Kier alpha value is -1.84. The zero-order valence-electron chi connectivity index (χ0n) is 12.8. The third-order valence-corrected chi connectivity index (χ3v) is 5.06. The van der Waals surface area contributed by atoms with Crippen LogP contribution in [0.2, 0.25) is 0 Å². The average Bonchev–Trinajstić information content (AvgIpc) is 3.35. The number of piperidine rings is 1. The second kappa shape index (κ2) is 6.11. The van der Waals surface area contributed by atoms with E-state index >= 15 is 0 Å². The molecule has 1 aromatic rings. The van der Waals surface area contributed by atoms with Crippen LogP contribution in [0.5, 0.6) is 0 Å². The number of nitrogens with zero attached hydrogens (tertiary/aromatic N) is 1. The van der Waals surface area contributed by atoms with Crippen LogP contribution in [-0.2, 0) is 15.0 Å². The molecule has 1 aliphatic heterocycles. The number of rotatable bonds is 5. The summed E-state index contributed by atoms with van der Waals surface area (Å²) in [6.45, 7) is 1.54. The quantitative estimate of drug-likeness (QED) is 0.910. The number of amides is 1. The Morgan fingerprint density at radius 1 is 1.23 bits per heavy atom. The smallest absolute Gasteiger partial charge is 0.303 e. The van der Waals surface area contributed by atoms with Gasteiger partial charge in [0.1, 0.15) is 0 Å². The molecule has 0 bridgehead atoms.